The van der Waals surface area contributed by atoms with Crippen LogP contribution in [0.1, 0.15) is 5.56 Å². The molecule has 122 valence electrons. The van der Waals surface area contributed by atoms with Crippen molar-refractivity contribution in [1.29, 1.82) is 0 Å². The Hall–Kier alpha value is -1.86. The number of rotatable bonds is 2. The second-order valence-corrected chi connectivity index (χ2v) is 7.41. The van der Waals surface area contributed by atoms with Crippen LogP contribution in [-0.2, 0) is 26.2 Å². The number of hydrogen-bond donors (Lipinski definition) is 3. The van der Waals surface area contributed by atoms with Gasteiger partial charge in [-0.1, -0.05) is 0 Å². The summed E-state index contributed by atoms with van der Waals surface area (Å²) in [6.07, 6.45) is -4.72. The van der Waals surface area contributed by atoms with Crippen molar-refractivity contribution in [3.63, 3.8) is 0 Å². The molecule has 13 heteroatoms. The largest absolute Gasteiger partial charge is 0.417 e. The summed E-state index contributed by atoms with van der Waals surface area (Å²) in [5.74, 6) is 0. The maximum absolute atomic E-state index is 13.0. The Labute approximate surface area is 123 Å². The third kappa shape index (κ3) is 2.86. The van der Waals surface area contributed by atoms with E-state index in [4.69, 9.17) is 5.73 Å². The maximum atomic E-state index is 13.0. The van der Waals surface area contributed by atoms with Crippen LogP contribution in [0.2, 0.25) is 0 Å². The summed E-state index contributed by atoms with van der Waals surface area (Å²) in [5.41, 5.74) is 2.91. The molecule has 2 rings (SSSR count). The van der Waals surface area contributed by atoms with E-state index in [2.05, 4.69) is 9.71 Å². The number of nitrogens with two attached hydrogens (primary N) is 1. The van der Waals surface area contributed by atoms with Gasteiger partial charge >= 0.3 is 6.18 Å². The number of alkyl halides is 3. The number of fused-ring (bicyclic) bond motifs is 1. The highest BCUT2D eigenvalue weighted by molar-refractivity contribution is 7.91. The number of hydrogen-bond acceptors (Lipinski definition) is 5. The van der Waals surface area contributed by atoms with Crippen LogP contribution in [-0.4, -0.2) is 29.8 Å². The third-order valence-corrected chi connectivity index (χ3v) is 5.43. The molecule has 8 nitrogen and oxygen atoms in total. The summed E-state index contributed by atoms with van der Waals surface area (Å²) >= 11 is 0. The van der Waals surface area contributed by atoms with Crippen LogP contribution in [0, 0.1) is 0 Å². The summed E-state index contributed by atoms with van der Waals surface area (Å²) in [5, 5.41) is 2.39. The molecule has 0 radical (unpaired) electrons. The van der Waals surface area contributed by atoms with Crippen LogP contribution in [0.5, 0.6) is 0 Å². The highest BCUT2D eigenvalue weighted by Gasteiger charge is 2.40. The highest BCUT2D eigenvalue weighted by Crippen LogP contribution is 2.39. The second-order valence-electron chi connectivity index (χ2n) is 4.07. The lowest BCUT2D eigenvalue weighted by molar-refractivity contribution is -0.139. The van der Waals surface area contributed by atoms with E-state index in [0.29, 0.717) is 18.5 Å². The fraction of sp³-hybridized carbons (Fsp3) is 0.222. The van der Waals surface area contributed by atoms with Crippen molar-refractivity contribution in [3.05, 3.63) is 17.7 Å². The van der Waals surface area contributed by atoms with Gasteiger partial charge in [-0.25, -0.2) is 8.42 Å². The quantitative estimate of drug-likeness (QED) is 0.505. The van der Waals surface area contributed by atoms with Crippen molar-refractivity contribution in [2.45, 2.75) is 16.0 Å². The van der Waals surface area contributed by atoms with Crippen LogP contribution in [0.15, 0.2) is 26.3 Å². The van der Waals surface area contributed by atoms with E-state index in [1.807, 2.05) is 4.72 Å². The minimum absolute atomic E-state index is 0.305. The summed E-state index contributed by atoms with van der Waals surface area (Å²) in [4.78, 5) is -1.92. The zero-order chi connectivity index (χ0) is 16.8. The molecule has 0 saturated carbocycles. The molecule has 0 unspecified atom stereocenters. The predicted molar refractivity (Wildman–Crippen MR) is 70.1 cm³/mol. The Kier molecular flexibility index (Phi) is 3.83. The Bertz CT molecular complexity index is 846. The van der Waals surface area contributed by atoms with Gasteiger partial charge in [0.05, 0.1) is 24.3 Å². The molecule has 22 heavy (non-hydrogen) atoms. The molecule has 0 aliphatic carbocycles. The first kappa shape index (κ1) is 16.5. The smallest absolute Gasteiger partial charge is 0.389 e. The standard InChI is InChI=1S/C9H9F3N4O4S2/c10-9(11,12)5-1-6-8(22(19,20)16-4-14-6)2-7(5)21(17,18)15-3-13/h1-3,14,16H,4H2,(H2,13,15). The second kappa shape index (κ2) is 5.10. The molecular weight excluding hydrogens is 349 g/mol. The number of benzene rings is 1. The molecule has 0 bridgehead atoms. The van der Waals surface area contributed by atoms with Crippen molar-refractivity contribution < 1.29 is 30.0 Å². The zero-order valence-electron chi connectivity index (χ0n) is 10.5. The van der Waals surface area contributed by atoms with E-state index >= 15 is 0 Å². The molecule has 0 amide bonds. The minimum Gasteiger partial charge on any atom is -0.389 e. The van der Waals surface area contributed by atoms with Crippen LogP contribution >= 0.6 is 0 Å². The van der Waals surface area contributed by atoms with E-state index in [9.17, 15) is 30.0 Å². The molecule has 1 aromatic rings. The number of nitrogens with zero attached hydrogens (tertiary/aromatic N) is 1. The lowest BCUT2D eigenvalue weighted by Crippen LogP contribution is -2.35. The Morgan fingerprint density at radius 3 is 2.50 bits per heavy atom. The van der Waals surface area contributed by atoms with E-state index in [1.165, 1.54) is 0 Å². The SMILES string of the molecule is NC=NS(=O)(=O)c1cc2c(cc1C(F)(F)F)NCNS2(=O)=O. The summed E-state index contributed by atoms with van der Waals surface area (Å²) < 4.78 is 91.0. The Morgan fingerprint density at radius 1 is 1.32 bits per heavy atom. The molecule has 1 aromatic carbocycles. The average Bonchev–Trinajstić information content (AvgIpc) is 2.36. The lowest BCUT2D eigenvalue weighted by atomic mass is 10.2. The topological polar surface area (TPSA) is 131 Å². The third-order valence-electron chi connectivity index (χ3n) is 2.70. The van der Waals surface area contributed by atoms with Gasteiger partial charge in [0.1, 0.15) is 9.79 Å². The molecule has 0 aromatic heterocycles. The Morgan fingerprint density at radius 2 is 1.95 bits per heavy atom. The van der Waals surface area contributed by atoms with E-state index < -0.39 is 41.6 Å². The van der Waals surface area contributed by atoms with Crippen LogP contribution in [0.3, 0.4) is 0 Å². The van der Waals surface area contributed by atoms with Crippen LogP contribution in [0.4, 0.5) is 18.9 Å². The zero-order valence-corrected chi connectivity index (χ0v) is 12.2. The average molecular weight is 358 g/mol. The summed E-state index contributed by atoms with van der Waals surface area (Å²) in [6.45, 7) is -0.320. The van der Waals surface area contributed by atoms with E-state index in [-0.39, 0.29) is 12.4 Å². The van der Waals surface area contributed by atoms with Gasteiger partial charge in [-0.15, -0.1) is 0 Å². The fourth-order valence-electron chi connectivity index (χ4n) is 1.80. The highest BCUT2D eigenvalue weighted by atomic mass is 32.2. The fourth-order valence-corrected chi connectivity index (χ4v) is 3.98. The Balaban J connectivity index is 2.87. The van der Waals surface area contributed by atoms with Gasteiger partial charge in [0, 0.05) is 0 Å². The van der Waals surface area contributed by atoms with Gasteiger partial charge in [0.25, 0.3) is 10.0 Å². The summed E-state index contributed by atoms with van der Waals surface area (Å²) in [7, 11) is -8.93. The van der Waals surface area contributed by atoms with Crippen molar-refractivity contribution in [2.24, 2.45) is 10.1 Å². The molecule has 0 spiro atoms. The molecule has 0 fully saturated rings. The van der Waals surface area contributed by atoms with Crippen LogP contribution in [0.25, 0.3) is 0 Å². The van der Waals surface area contributed by atoms with E-state index in [1.54, 1.807) is 0 Å². The van der Waals surface area contributed by atoms with Crippen molar-refractivity contribution in [2.75, 3.05) is 12.0 Å². The molecule has 1 aliphatic heterocycles. The van der Waals surface area contributed by atoms with Gasteiger partial charge in [-0.3, -0.25) is 0 Å². The van der Waals surface area contributed by atoms with Crippen molar-refractivity contribution in [3.8, 4) is 0 Å². The summed E-state index contributed by atoms with van der Waals surface area (Å²) in [6, 6.07) is 0.807. The maximum Gasteiger partial charge on any atom is 0.417 e. The first-order chi connectivity index (χ1) is 9.99. The molecule has 0 saturated heterocycles. The van der Waals surface area contributed by atoms with Gasteiger partial charge in [-0.2, -0.15) is 30.7 Å². The minimum atomic E-state index is -5.03. The lowest BCUT2D eigenvalue weighted by Gasteiger charge is -2.22. The predicted octanol–water partition coefficient (Wildman–Crippen LogP) is 0.0424. The van der Waals surface area contributed by atoms with Gasteiger partial charge < -0.3 is 11.1 Å². The number of anilines is 1. The van der Waals surface area contributed by atoms with Gasteiger partial charge in [0.15, 0.2) is 0 Å². The van der Waals surface area contributed by atoms with Crippen molar-refractivity contribution in [1.82, 2.24) is 4.72 Å². The number of nitrogens with one attached hydrogen (secondary N) is 2. The monoisotopic (exact) mass is 358 g/mol. The van der Waals surface area contributed by atoms with Crippen LogP contribution < -0.4 is 15.8 Å². The molecule has 1 aliphatic rings. The number of sulfonamides is 2. The molecular formula is C9H9F3N4O4S2. The first-order valence-electron chi connectivity index (χ1n) is 5.48. The normalized spacial score (nSPS) is 18.0. The van der Waals surface area contributed by atoms with E-state index in [0.717, 1.165) is 0 Å². The number of halogens is 3. The molecule has 4 N–H and O–H groups in total. The van der Waals surface area contributed by atoms with Gasteiger partial charge in [-0.05, 0) is 12.1 Å². The molecule has 0 atom stereocenters. The molecule has 1 heterocycles. The van der Waals surface area contributed by atoms with Gasteiger partial charge in [0.2, 0.25) is 10.0 Å². The van der Waals surface area contributed by atoms with Crippen molar-refractivity contribution >= 4 is 32.1 Å². The first-order valence-corrected chi connectivity index (χ1v) is 8.41.